The number of amides is 2. The van der Waals surface area contributed by atoms with Crippen molar-refractivity contribution in [2.45, 2.75) is 38.3 Å². The Morgan fingerprint density at radius 2 is 1.92 bits per heavy atom. The molecule has 2 saturated heterocycles. The molecule has 0 radical (unpaired) electrons. The van der Waals surface area contributed by atoms with Gasteiger partial charge >= 0.3 is 0 Å². The maximum atomic E-state index is 13.2. The molecule has 0 aromatic heterocycles. The van der Waals surface area contributed by atoms with E-state index in [9.17, 15) is 14.0 Å². The third kappa shape index (κ3) is 7.27. The van der Waals surface area contributed by atoms with E-state index in [2.05, 4.69) is 17.3 Å². The van der Waals surface area contributed by atoms with Gasteiger partial charge in [0.1, 0.15) is 18.2 Å². The molecular formula is C28H36FN3O4. The summed E-state index contributed by atoms with van der Waals surface area (Å²) in [6, 6.07) is 13.9. The Morgan fingerprint density at radius 1 is 1.14 bits per heavy atom. The van der Waals surface area contributed by atoms with Gasteiger partial charge in [-0.05, 0) is 74.7 Å². The van der Waals surface area contributed by atoms with Crippen LogP contribution in [0, 0.1) is 11.7 Å². The van der Waals surface area contributed by atoms with Gasteiger partial charge in [-0.25, -0.2) is 4.39 Å². The molecule has 0 spiro atoms. The molecule has 2 fully saturated rings. The van der Waals surface area contributed by atoms with E-state index in [-0.39, 0.29) is 23.5 Å². The van der Waals surface area contributed by atoms with E-state index in [4.69, 9.17) is 9.47 Å². The summed E-state index contributed by atoms with van der Waals surface area (Å²) in [6.45, 7) is 4.47. The fraction of sp³-hybridized carbons (Fsp3) is 0.500. The molecule has 4 rings (SSSR count). The number of carbonyl (C=O) groups excluding carboxylic acids is 2. The SMILES string of the molecule is CN(CCOc1cccc(CNC(=O)C2CCCN(C(=O)c3ccc(F)cc3)C2)c1)C1CCOCC1. The van der Waals surface area contributed by atoms with Crippen LogP contribution < -0.4 is 10.1 Å². The van der Waals surface area contributed by atoms with Crippen LogP contribution in [-0.2, 0) is 16.1 Å². The van der Waals surface area contributed by atoms with Crippen LogP contribution in [0.15, 0.2) is 48.5 Å². The highest BCUT2D eigenvalue weighted by atomic mass is 19.1. The second kappa shape index (κ2) is 12.8. The Hall–Kier alpha value is -2.97. The van der Waals surface area contributed by atoms with Gasteiger partial charge in [-0.3, -0.25) is 14.5 Å². The molecular weight excluding hydrogens is 461 g/mol. The minimum atomic E-state index is -0.376. The van der Waals surface area contributed by atoms with Gasteiger partial charge in [0, 0.05) is 51.0 Å². The number of halogens is 1. The van der Waals surface area contributed by atoms with Crippen molar-refractivity contribution >= 4 is 11.8 Å². The van der Waals surface area contributed by atoms with Crippen molar-refractivity contribution in [3.8, 4) is 5.75 Å². The monoisotopic (exact) mass is 497 g/mol. The Bertz CT molecular complexity index is 1010. The molecule has 8 heteroatoms. The summed E-state index contributed by atoms with van der Waals surface area (Å²) in [5.74, 6) is -0.0748. The molecule has 2 aliphatic heterocycles. The van der Waals surface area contributed by atoms with Crippen LogP contribution >= 0.6 is 0 Å². The highest BCUT2D eigenvalue weighted by molar-refractivity contribution is 5.94. The predicted octanol–water partition coefficient (Wildman–Crippen LogP) is 3.48. The number of piperidine rings is 1. The van der Waals surface area contributed by atoms with E-state index in [1.54, 1.807) is 4.90 Å². The summed E-state index contributed by atoms with van der Waals surface area (Å²) in [5.41, 5.74) is 1.40. The zero-order chi connectivity index (χ0) is 25.3. The van der Waals surface area contributed by atoms with Gasteiger partial charge in [0.2, 0.25) is 5.91 Å². The number of benzene rings is 2. The number of nitrogens with one attached hydrogen (secondary N) is 1. The molecule has 2 heterocycles. The number of likely N-dealkylation sites (N-methyl/N-ethyl adjacent to an activating group) is 1. The van der Waals surface area contributed by atoms with E-state index >= 15 is 0 Å². The molecule has 1 N–H and O–H groups in total. The topological polar surface area (TPSA) is 71.1 Å². The number of rotatable bonds is 9. The van der Waals surface area contributed by atoms with E-state index in [1.807, 2.05) is 24.3 Å². The van der Waals surface area contributed by atoms with Gasteiger partial charge in [-0.1, -0.05) is 12.1 Å². The first kappa shape index (κ1) is 26.1. The predicted molar refractivity (Wildman–Crippen MR) is 135 cm³/mol. The first-order chi connectivity index (χ1) is 17.5. The van der Waals surface area contributed by atoms with Crippen molar-refractivity contribution in [2.75, 3.05) is 46.5 Å². The molecule has 0 aliphatic carbocycles. The zero-order valence-electron chi connectivity index (χ0n) is 21.0. The quantitative estimate of drug-likeness (QED) is 0.575. The van der Waals surface area contributed by atoms with Crippen LogP contribution in [0.25, 0.3) is 0 Å². The fourth-order valence-electron chi connectivity index (χ4n) is 4.85. The Labute approximate surface area is 212 Å². The second-order valence-electron chi connectivity index (χ2n) is 9.64. The molecule has 0 bridgehead atoms. The minimum absolute atomic E-state index is 0.0592. The lowest BCUT2D eigenvalue weighted by molar-refractivity contribution is -0.126. The van der Waals surface area contributed by atoms with Gasteiger partial charge in [-0.15, -0.1) is 0 Å². The average Bonchev–Trinajstić information content (AvgIpc) is 2.92. The fourth-order valence-corrected chi connectivity index (χ4v) is 4.85. The highest BCUT2D eigenvalue weighted by Crippen LogP contribution is 2.20. The second-order valence-corrected chi connectivity index (χ2v) is 9.64. The van der Waals surface area contributed by atoms with Crippen LogP contribution in [0.2, 0.25) is 0 Å². The largest absolute Gasteiger partial charge is 0.492 e. The summed E-state index contributed by atoms with van der Waals surface area (Å²) in [5, 5.41) is 3.02. The van der Waals surface area contributed by atoms with E-state index in [0.29, 0.717) is 37.8 Å². The summed E-state index contributed by atoms with van der Waals surface area (Å²) in [7, 11) is 2.13. The standard InChI is InChI=1S/C28H36FN3O4/c1-31(25-11-15-35-16-12-25)14-17-36-26-6-2-4-21(18-26)19-30-27(33)23-5-3-13-32(20-23)28(34)22-7-9-24(29)10-8-22/h2,4,6-10,18,23,25H,3,5,11-17,19-20H2,1H3,(H,30,33). The maximum Gasteiger partial charge on any atom is 0.253 e. The molecule has 2 aliphatic rings. The summed E-state index contributed by atoms with van der Waals surface area (Å²) in [4.78, 5) is 29.6. The number of hydrogen-bond donors (Lipinski definition) is 1. The van der Waals surface area contributed by atoms with Crippen molar-refractivity contribution in [1.82, 2.24) is 15.1 Å². The van der Waals surface area contributed by atoms with Crippen molar-refractivity contribution in [3.63, 3.8) is 0 Å². The van der Waals surface area contributed by atoms with Crippen LogP contribution in [0.4, 0.5) is 4.39 Å². The number of likely N-dealkylation sites (tertiary alicyclic amines) is 1. The molecule has 0 saturated carbocycles. The third-order valence-corrected chi connectivity index (χ3v) is 7.06. The Balaban J connectivity index is 1.22. The smallest absolute Gasteiger partial charge is 0.253 e. The van der Waals surface area contributed by atoms with E-state index in [0.717, 1.165) is 56.8 Å². The minimum Gasteiger partial charge on any atom is -0.492 e. The first-order valence-electron chi connectivity index (χ1n) is 12.8. The molecule has 2 amide bonds. The molecule has 2 aromatic rings. The van der Waals surface area contributed by atoms with Gasteiger partial charge in [-0.2, -0.15) is 0 Å². The average molecular weight is 498 g/mol. The van der Waals surface area contributed by atoms with Gasteiger partial charge in [0.15, 0.2) is 0 Å². The number of nitrogens with zero attached hydrogens (tertiary/aromatic N) is 2. The van der Waals surface area contributed by atoms with E-state index in [1.165, 1.54) is 24.3 Å². The molecule has 36 heavy (non-hydrogen) atoms. The summed E-state index contributed by atoms with van der Waals surface area (Å²) in [6.07, 6.45) is 3.62. The van der Waals surface area contributed by atoms with Crippen LogP contribution in [0.5, 0.6) is 5.75 Å². The lowest BCUT2D eigenvalue weighted by atomic mass is 9.96. The molecule has 2 aromatic carbocycles. The number of hydrogen-bond acceptors (Lipinski definition) is 5. The number of carbonyl (C=O) groups is 2. The molecule has 7 nitrogen and oxygen atoms in total. The van der Waals surface area contributed by atoms with E-state index < -0.39 is 0 Å². The third-order valence-electron chi connectivity index (χ3n) is 7.06. The molecule has 1 unspecified atom stereocenters. The lowest BCUT2D eigenvalue weighted by Crippen LogP contribution is -2.45. The van der Waals surface area contributed by atoms with Crippen LogP contribution in [0.3, 0.4) is 0 Å². The molecule has 1 atom stereocenters. The maximum absolute atomic E-state index is 13.2. The molecule has 194 valence electrons. The van der Waals surface area contributed by atoms with Crippen molar-refractivity contribution in [3.05, 3.63) is 65.5 Å². The first-order valence-corrected chi connectivity index (χ1v) is 12.8. The summed E-state index contributed by atoms with van der Waals surface area (Å²) < 4.78 is 24.6. The van der Waals surface area contributed by atoms with Crippen LogP contribution in [-0.4, -0.2) is 74.2 Å². The lowest BCUT2D eigenvalue weighted by Gasteiger charge is -2.32. The number of ether oxygens (including phenoxy) is 2. The highest BCUT2D eigenvalue weighted by Gasteiger charge is 2.29. The van der Waals surface area contributed by atoms with Crippen molar-refractivity contribution in [2.24, 2.45) is 5.92 Å². The Morgan fingerprint density at radius 3 is 2.69 bits per heavy atom. The normalized spacial score (nSPS) is 18.8. The van der Waals surface area contributed by atoms with Gasteiger partial charge in [0.05, 0.1) is 5.92 Å². The zero-order valence-corrected chi connectivity index (χ0v) is 21.0. The van der Waals surface area contributed by atoms with Crippen molar-refractivity contribution < 1.29 is 23.5 Å². The van der Waals surface area contributed by atoms with Crippen LogP contribution in [0.1, 0.15) is 41.6 Å². The Kier molecular flexibility index (Phi) is 9.30. The van der Waals surface area contributed by atoms with Gasteiger partial charge < -0.3 is 19.7 Å². The summed E-state index contributed by atoms with van der Waals surface area (Å²) >= 11 is 0. The van der Waals surface area contributed by atoms with Crippen molar-refractivity contribution in [1.29, 1.82) is 0 Å². The van der Waals surface area contributed by atoms with Gasteiger partial charge in [0.25, 0.3) is 5.91 Å².